The molecule has 0 unspecified atom stereocenters. The Morgan fingerprint density at radius 2 is 1.60 bits per heavy atom. The Bertz CT molecular complexity index is 371. The van der Waals surface area contributed by atoms with Crippen LogP contribution in [-0.4, -0.2) is 25.3 Å². The number of carbonyl (C=O) groups is 2. The number of ketones is 1. The fourth-order valence-electron chi connectivity index (χ4n) is 1.01. The molecule has 0 radical (unpaired) electrons. The maximum absolute atomic E-state index is 12.0. The third-order valence-electron chi connectivity index (χ3n) is 1.79. The zero-order valence-corrected chi connectivity index (χ0v) is 7.87. The monoisotopic (exact) mass is 214 g/mol. The van der Waals surface area contributed by atoms with Crippen LogP contribution in [0.2, 0.25) is 0 Å². The molecule has 0 saturated heterocycles. The zero-order valence-electron chi connectivity index (χ0n) is 7.87. The Hall–Kier alpha value is -1.78. The second kappa shape index (κ2) is 4.63. The Morgan fingerprint density at radius 1 is 1.13 bits per heavy atom. The highest BCUT2D eigenvalue weighted by Gasteiger charge is 2.17. The fraction of sp³-hybridized carbons (Fsp3) is 0.200. The van der Waals surface area contributed by atoms with Crippen LogP contribution >= 0.6 is 0 Å². The van der Waals surface area contributed by atoms with Gasteiger partial charge in [0, 0.05) is 5.56 Å². The third kappa shape index (κ3) is 2.59. The van der Waals surface area contributed by atoms with Crippen molar-refractivity contribution >= 4 is 11.8 Å². The molecule has 0 bridgehead atoms. The Morgan fingerprint density at radius 3 is 2.00 bits per heavy atom. The van der Waals surface area contributed by atoms with Crippen molar-refractivity contribution in [3.05, 3.63) is 35.4 Å². The summed E-state index contributed by atoms with van der Waals surface area (Å²) in [5, 5.41) is 0. The first kappa shape index (κ1) is 11.3. The van der Waals surface area contributed by atoms with E-state index in [0.29, 0.717) is 0 Å². The van der Waals surface area contributed by atoms with E-state index in [0.717, 1.165) is 0 Å². The summed E-state index contributed by atoms with van der Waals surface area (Å²) in [4.78, 5) is 21.8. The van der Waals surface area contributed by atoms with Crippen molar-refractivity contribution in [1.29, 1.82) is 0 Å². The number of hydrogen-bond acceptors (Lipinski definition) is 3. The molecule has 0 N–H and O–H groups in total. The molecule has 0 aliphatic carbocycles. The van der Waals surface area contributed by atoms with Crippen molar-refractivity contribution in [2.24, 2.45) is 0 Å². The number of Topliss-reactive ketones (excluding diaryl/α,β-unsaturated/α-hetero) is 1. The van der Waals surface area contributed by atoms with Gasteiger partial charge in [-0.1, -0.05) is 12.1 Å². The van der Waals surface area contributed by atoms with Crippen molar-refractivity contribution < 1.29 is 23.1 Å². The summed E-state index contributed by atoms with van der Waals surface area (Å²) < 4.78 is 28.4. The first-order valence-corrected chi connectivity index (χ1v) is 4.07. The van der Waals surface area contributed by atoms with E-state index in [9.17, 15) is 18.4 Å². The van der Waals surface area contributed by atoms with E-state index >= 15 is 0 Å². The van der Waals surface area contributed by atoms with Crippen molar-refractivity contribution in [1.82, 2.24) is 0 Å². The summed E-state index contributed by atoms with van der Waals surface area (Å²) in [6.07, 6.45) is -3.03. The van der Waals surface area contributed by atoms with E-state index < -0.39 is 18.2 Å². The quantitative estimate of drug-likeness (QED) is 0.570. The minimum atomic E-state index is -3.03. The molecule has 5 heteroatoms. The molecule has 1 aromatic carbocycles. The molecule has 0 aliphatic heterocycles. The predicted molar refractivity (Wildman–Crippen MR) is 48.1 cm³/mol. The average Bonchev–Trinajstić information content (AvgIpc) is 2.27. The molecule has 1 rings (SSSR count). The van der Waals surface area contributed by atoms with Crippen LogP contribution in [0.25, 0.3) is 0 Å². The summed E-state index contributed by atoms with van der Waals surface area (Å²) in [5.41, 5.74) is 0.0842. The highest BCUT2D eigenvalue weighted by Crippen LogP contribution is 2.10. The molecular weight excluding hydrogens is 206 g/mol. The fourth-order valence-corrected chi connectivity index (χ4v) is 1.01. The topological polar surface area (TPSA) is 43.4 Å². The van der Waals surface area contributed by atoms with E-state index in [1.165, 1.54) is 31.4 Å². The Labute approximate surface area is 84.7 Å². The average molecular weight is 214 g/mol. The number of esters is 1. The molecule has 80 valence electrons. The van der Waals surface area contributed by atoms with Crippen molar-refractivity contribution in [2.45, 2.75) is 6.43 Å². The second-order valence-corrected chi connectivity index (χ2v) is 2.73. The van der Waals surface area contributed by atoms with Crippen molar-refractivity contribution in [3.8, 4) is 0 Å². The molecule has 0 aromatic heterocycles. The molecule has 0 spiro atoms. The summed E-state index contributed by atoms with van der Waals surface area (Å²) in [5.74, 6) is -1.84. The van der Waals surface area contributed by atoms with Crippen LogP contribution in [0.5, 0.6) is 0 Å². The summed E-state index contributed by atoms with van der Waals surface area (Å²) in [7, 11) is 1.21. The van der Waals surface area contributed by atoms with E-state index in [4.69, 9.17) is 0 Å². The maximum Gasteiger partial charge on any atom is 0.337 e. The van der Waals surface area contributed by atoms with Crippen LogP contribution in [0.4, 0.5) is 8.78 Å². The Balaban J connectivity index is 2.90. The van der Waals surface area contributed by atoms with Gasteiger partial charge < -0.3 is 4.74 Å². The van der Waals surface area contributed by atoms with Gasteiger partial charge in [-0.25, -0.2) is 13.6 Å². The van der Waals surface area contributed by atoms with E-state index in [2.05, 4.69) is 4.74 Å². The largest absolute Gasteiger partial charge is 0.465 e. The van der Waals surface area contributed by atoms with Gasteiger partial charge in [0.05, 0.1) is 12.7 Å². The number of carbonyl (C=O) groups excluding carboxylic acids is 2. The number of alkyl halides is 2. The third-order valence-corrected chi connectivity index (χ3v) is 1.79. The molecule has 0 amide bonds. The molecule has 0 saturated carbocycles. The van der Waals surface area contributed by atoms with Crippen LogP contribution in [0.15, 0.2) is 24.3 Å². The minimum absolute atomic E-state index is 0.127. The zero-order chi connectivity index (χ0) is 11.4. The highest BCUT2D eigenvalue weighted by molar-refractivity contribution is 5.99. The normalized spacial score (nSPS) is 10.1. The highest BCUT2D eigenvalue weighted by atomic mass is 19.3. The van der Waals surface area contributed by atoms with Crippen LogP contribution in [-0.2, 0) is 4.74 Å². The van der Waals surface area contributed by atoms with Gasteiger partial charge in [0.25, 0.3) is 0 Å². The number of halogens is 2. The van der Waals surface area contributed by atoms with Gasteiger partial charge in [0.15, 0.2) is 0 Å². The molecule has 1 aromatic rings. The number of benzene rings is 1. The van der Waals surface area contributed by atoms with Gasteiger partial charge in [0.2, 0.25) is 5.78 Å². The first-order valence-electron chi connectivity index (χ1n) is 4.07. The predicted octanol–water partition coefficient (Wildman–Crippen LogP) is 1.92. The molecule has 0 atom stereocenters. The number of hydrogen-bond donors (Lipinski definition) is 0. The van der Waals surface area contributed by atoms with Crippen LogP contribution < -0.4 is 0 Å². The lowest BCUT2D eigenvalue weighted by Gasteiger charge is -2.01. The van der Waals surface area contributed by atoms with Crippen LogP contribution in [0.3, 0.4) is 0 Å². The van der Waals surface area contributed by atoms with Crippen LogP contribution in [0, 0.1) is 0 Å². The van der Waals surface area contributed by atoms with Gasteiger partial charge >= 0.3 is 12.4 Å². The van der Waals surface area contributed by atoms with Gasteiger partial charge in [-0.15, -0.1) is 0 Å². The van der Waals surface area contributed by atoms with E-state index in [-0.39, 0.29) is 11.1 Å². The molecule has 0 aliphatic rings. The first-order chi connectivity index (χ1) is 7.06. The molecule has 0 heterocycles. The van der Waals surface area contributed by atoms with Gasteiger partial charge in [-0.2, -0.15) is 0 Å². The Kier molecular flexibility index (Phi) is 3.49. The summed E-state index contributed by atoms with van der Waals surface area (Å²) in [6, 6.07) is 4.87. The van der Waals surface area contributed by atoms with Gasteiger partial charge in [-0.05, 0) is 12.1 Å². The van der Waals surface area contributed by atoms with E-state index in [1.807, 2.05) is 0 Å². The SMILES string of the molecule is COC(=O)c1ccc(C(=O)C(F)F)cc1. The van der Waals surface area contributed by atoms with Gasteiger partial charge in [-0.3, -0.25) is 4.79 Å². The second-order valence-electron chi connectivity index (χ2n) is 2.73. The lowest BCUT2D eigenvalue weighted by atomic mass is 10.1. The number of methoxy groups -OCH3 is 1. The lowest BCUT2D eigenvalue weighted by Crippen LogP contribution is -2.10. The van der Waals surface area contributed by atoms with E-state index in [1.54, 1.807) is 0 Å². The maximum atomic E-state index is 12.0. The lowest BCUT2D eigenvalue weighted by molar-refractivity contribution is 0.0599. The molecule has 0 fully saturated rings. The van der Waals surface area contributed by atoms with Gasteiger partial charge in [0.1, 0.15) is 0 Å². The van der Waals surface area contributed by atoms with Crippen LogP contribution in [0.1, 0.15) is 20.7 Å². The van der Waals surface area contributed by atoms with Crippen molar-refractivity contribution in [3.63, 3.8) is 0 Å². The molecule has 3 nitrogen and oxygen atoms in total. The smallest absolute Gasteiger partial charge is 0.337 e. The van der Waals surface area contributed by atoms with Crippen molar-refractivity contribution in [2.75, 3.05) is 7.11 Å². The summed E-state index contributed by atoms with van der Waals surface area (Å²) >= 11 is 0. The number of ether oxygens (including phenoxy) is 1. The molecule has 15 heavy (non-hydrogen) atoms. The standard InChI is InChI=1S/C10H8F2O3/c1-15-10(14)7-4-2-6(3-5-7)8(13)9(11)12/h2-5,9H,1H3. The number of rotatable bonds is 3. The minimum Gasteiger partial charge on any atom is -0.465 e. The summed E-state index contributed by atoms with van der Waals surface area (Å²) in [6.45, 7) is 0. The molecular formula is C10H8F2O3.